The van der Waals surface area contributed by atoms with Gasteiger partial charge in [0.2, 0.25) is 23.0 Å². The zero-order chi connectivity index (χ0) is 12.6. The molecule has 0 amide bonds. The number of methoxy groups -OCH3 is 3. The van der Waals surface area contributed by atoms with Gasteiger partial charge in [0.15, 0.2) is 18.1 Å². The van der Waals surface area contributed by atoms with E-state index in [0.717, 1.165) is 0 Å². The summed E-state index contributed by atoms with van der Waals surface area (Å²) in [5, 5.41) is 9.93. The highest BCUT2D eigenvalue weighted by molar-refractivity contribution is 6.07. The van der Waals surface area contributed by atoms with Crippen molar-refractivity contribution in [2.75, 3.05) is 27.9 Å². The molecule has 1 N–H and O–H groups in total. The molecule has 0 fully saturated rings. The van der Waals surface area contributed by atoms with Gasteiger partial charge in [0, 0.05) is 0 Å². The number of phenols is 1. The Balaban J connectivity index is 2.81. The summed E-state index contributed by atoms with van der Waals surface area (Å²) in [7, 11) is 4.12. The van der Waals surface area contributed by atoms with Crippen LogP contribution in [0.15, 0.2) is 0 Å². The second-order valence-corrected chi connectivity index (χ2v) is 3.36. The lowest BCUT2D eigenvalue weighted by Crippen LogP contribution is -2.02. The van der Waals surface area contributed by atoms with Crippen molar-refractivity contribution in [2.24, 2.45) is 0 Å². The summed E-state index contributed by atoms with van der Waals surface area (Å²) in [5.74, 6) is -0.0184. The minimum Gasteiger partial charge on any atom is -0.501 e. The molecule has 2 rings (SSSR count). The average Bonchev–Trinajstić information content (AvgIpc) is 2.70. The fraction of sp³-hybridized carbons (Fsp3) is 0.364. The molecule has 1 heterocycles. The van der Waals surface area contributed by atoms with Gasteiger partial charge in [-0.1, -0.05) is 0 Å². The largest absolute Gasteiger partial charge is 0.501 e. The fourth-order valence-corrected chi connectivity index (χ4v) is 1.82. The van der Waals surface area contributed by atoms with Crippen molar-refractivity contribution in [1.29, 1.82) is 0 Å². The molecular weight excluding hydrogens is 228 g/mol. The number of ether oxygens (including phenoxy) is 4. The first kappa shape index (κ1) is 11.4. The lowest BCUT2D eigenvalue weighted by Gasteiger charge is -2.15. The number of hydrogen-bond donors (Lipinski definition) is 1. The molecular formula is C11H12O6. The van der Waals surface area contributed by atoms with E-state index >= 15 is 0 Å². The Morgan fingerprint density at radius 2 is 1.65 bits per heavy atom. The maximum Gasteiger partial charge on any atom is 0.208 e. The Kier molecular flexibility index (Phi) is 2.71. The van der Waals surface area contributed by atoms with Crippen LogP contribution in [0.3, 0.4) is 0 Å². The van der Waals surface area contributed by atoms with Crippen LogP contribution in [0.4, 0.5) is 0 Å². The molecule has 0 unspecified atom stereocenters. The summed E-state index contributed by atoms with van der Waals surface area (Å²) in [6, 6.07) is 0. The zero-order valence-electron chi connectivity index (χ0n) is 9.70. The molecule has 0 spiro atoms. The Bertz CT molecular complexity index is 480. The number of carbonyl (C=O) groups excluding carboxylic acids is 1. The minimum atomic E-state index is -0.250. The molecule has 0 aliphatic carbocycles. The molecule has 17 heavy (non-hydrogen) atoms. The van der Waals surface area contributed by atoms with Crippen molar-refractivity contribution < 1.29 is 28.8 Å². The number of Topliss-reactive ketones (excluding diaryl/α,β-unsaturated/α-hetero) is 1. The van der Waals surface area contributed by atoms with Gasteiger partial charge < -0.3 is 24.1 Å². The predicted octanol–water partition coefficient (Wildman–Crippen LogP) is 0.993. The highest BCUT2D eigenvalue weighted by atomic mass is 16.5. The fourth-order valence-electron chi connectivity index (χ4n) is 1.82. The van der Waals surface area contributed by atoms with Crippen LogP contribution >= 0.6 is 0 Å². The third-order valence-corrected chi connectivity index (χ3v) is 2.54. The van der Waals surface area contributed by atoms with Crippen LogP contribution in [-0.2, 0) is 0 Å². The molecule has 1 aromatic rings. The smallest absolute Gasteiger partial charge is 0.208 e. The summed E-state index contributed by atoms with van der Waals surface area (Å²) >= 11 is 0. The lowest BCUT2D eigenvalue weighted by molar-refractivity contribution is 0.0958. The molecule has 1 aliphatic rings. The highest BCUT2D eigenvalue weighted by Gasteiger charge is 2.35. The maximum atomic E-state index is 11.7. The Morgan fingerprint density at radius 1 is 1.06 bits per heavy atom. The molecule has 1 aromatic carbocycles. The zero-order valence-corrected chi connectivity index (χ0v) is 9.70. The van der Waals surface area contributed by atoms with Gasteiger partial charge in [-0.2, -0.15) is 0 Å². The third kappa shape index (κ3) is 1.44. The number of ketones is 1. The van der Waals surface area contributed by atoms with E-state index in [4.69, 9.17) is 18.9 Å². The maximum absolute atomic E-state index is 11.7. The second-order valence-electron chi connectivity index (χ2n) is 3.36. The number of benzene rings is 1. The topological polar surface area (TPSA) is 74.2 Å². The monoisotopic (exact) mass is 240 g/mol. The van der Waals surface area contributed by atoms with Gasteiger partial charge in [0.25, 0.3) is 0 Å². The van der Waals surface area contributed by atoms with E-state index in [0.29, 0.717) is 0 Å². The molecule has 0 atom stereocenters. The van der Waals surface area contributed by atoms with E-state index in [1.807, 2.05) is 0 Å². The van der Waals surface area contributed by atoms with Crippen LogP contribution in [0.25, 0.3) is 0 Å². The average molecular weight is 240 g/mol. The van der Waals surface area contributed by atoms with E-state index in [1.54, 1.807) is 0 Å². The summed E-state index contributed by atoms with van der Waals surface area (Å²) in [6.07, 6.45) is 0. The molecule has 0 saturated carbocycles. The first-order valence-electron chi connectivity index (χ1n) is 4.86. The van der Waals surface area contributed by atoms with Gasteiger partial charge in [0.1, 0.15) is 5.56 Å². The van der Waals surface area contributed by atoms with E-state index < -0.39 is 0 Å². The van der Waals surface area contributed by atoms with Crippen LogP contribution in [0, 0.1) is 0 Å². The number of hydrogen-bond acceptors (Lipinski definition) is 6. The molecule has 92 valence electrons. The molecule has 6 heteroatoms. The van der Waals surface area contributed by atoms with Crippen LogP contribution in [0.5, 0.6) is 28.7 Å². The molecule has 0 radical (unpaired) electrons. The normalized spacial score (nSPS) is 13.0. The minimum absolute atomic E-state index is 0.0574. The van der Waals surface area contributed by atoms with Crippen molar-refractivity contribution in [2.45, 2.75) is 0 Å². The predicted molar refractivity (Wildman–Crippen MR) is 57.6 cm³/mol. The number of phenolic OH excluding ortho intramolecular Hbond substituents is 1. The molecule has 0 saturated heterocycles. The number of fused-ring (bicyclic) bond motifs is 1. The standard InChI is InChI=1S/C11H12O6/c1-14-8-6-5(12)4-17-9(6)11(16-3)7(13)10(8)15-2/h13H,4H2,1-3H3. The summed E-state index contributed by atoms with van der Waals surface area (Å²) in [5.41, 5.74) is 0.235. The second kappa shape index (κ2) is 4.04. The van der Waals surface area contributed by atoms with Gasteiger partial charge in [-0.15, -0.1) is 0 Å². The quantitative estimate of drug-likeness (QED) is 0.849. The number of rotatable bonds is 3. The van der Waals surface area contributed by atoms with Gasteiger partial charge in [-0.3, -0.25) is 4.79 Å². The van der Waals surface area contributed by atoms with Crippen molar-refractivity contribution >= 4 is 5.78 Å². The Hall–Kier alpha value is -2.11. The first-order valence-corrected chi connectivity index (χ1v) is 4.86. The highest BCUT2D eigenvalue weighted by Crippen LogP contribution is 2.54. The molecule has 0 aromatic heterocycles. The molecule has 1 aliphatic heterocycles. The number of carbonyl (C=O) groups is 1. The van der Waals surface area contributed by atoms with Crippen molar-refractivity contribution in [3.8, 4) is 28.7 Å². The van der Waals surface area contributed by atoms with Gasteiger partial charge in [-0.25, -0.2) is 0 Å². The number of aromatic hydroxyl groups is 1. The van der Waals surface area contributed by atoms with Crippen LogP contribution in [0.2, 0.25) is 0 Å². The SMILES string of the molecule is COc1c(O)c(OC)c2c(c1OC)C(=O)CO2. The van der Waals surface area contributed by atoms with Crippen molar-refractivity contribution in [3.63, 3.8) is 0 Å². The summed E-state index contributed by atoms with van der Waals surface area (Å²) in [4.78, 5) is 11.7. The van der Waals surface area contributed by atoms with E-state index in [-0.39, 0.29) is 46.7 Å². The van der Waals surface area contributed by atoms with E-state index in [2.05, 4.69) is 0 Å². The lowest BCUT2D eigenvalue weighted by atomic mass is 10.1. The third-order valence-electron chi connectivity index (χ3n) is 2.54. The van der Waals surface area contributed by atoms with E-state index in [1.165, 1.54) is 21.3 Å². The van der Waals surface area contributed by atoms with Gasteiger partial charge >= 0.3 is 0 Å². The van der Waals surface area contributed by atoms with E-state index in [9.17, 15) is 9.90 Å². The first-order chi connectivity index (χ1) is 8.15. The summed E-state index contributed by atoms with van der Waals surface area (Å²) < 4.78 is 20.3. The van der Waals surface area contributed by atoms with Crippen molar-refractivity contribution in [3.05, 3.63) is 5.56 Å². The van der Waals surface area contributed by atoms with Crippen LogP contribution in [0.1, 0.15) is 10.4 Å². The van der Waals surface area contributed by atoms with Crippen LogP contribution in [-0.4, -0.2) is 38.8 Å². The van der Waals surface area contributed by atoms with Crippen molar-refractivity contribution in [1.82, 2.24) is 0 Å². The molecule has 6 nitrogen and oxygen atoms in total. The molecule has 0 bridgehead atoms. The van der Waals surface area contributed by atoms with Crippen LogP contribution < -0.4 is 18.9 Å². The van der Waals surface area contributed by atoms with Gasteiger partial charge in [0.05, 0.1) is 21.3 Å². The van der Waals surface area contributed by atoms with Gasteiger partial charge in [-0.05, 0) is 0 Å². The summed E-state index contributed by atoms with van der Waals surface area (Å²) in [6.45, 7) is -0.103. The Morgan fingerprint density at radius 3 is 2.18 bits per heavy atom. The Labute approximate surface area is 97.7 Å².